The molecule has 1 aromatic heterocycles. The Bertz CT molecular complexity index is 1160. The number of furan rings is 1. The van der Waals surface area contributed by atoms with Crippen molar-refractivity contribution in [3.63, 3.8) is 0 Å². The van der Waals surface area contributed by atoms with Crippen molar-refractivity contribution < 1.29 is 22.0 Å². The van der Waals surface area contributed by atoms with E-state index in [4.69, 9.17) is 4.42 Å². The minimum absolute atomic E-state index is 0.155. The highest BCUT2D eigenvalue weighted by Gasteiger charge is 2.19. The maximum absolute atomic E-state index is 13.8. The average Bonchev–Trinajstić information content (AvgIpc) is 3.24. The van der Waals surface area contributed by atoms with E-state index in [1.807, 2.05) is 25.1 Å². The summed E-state index contributed by atoms with van der Waals surface area (Å²) in [5, 5.41) is 2.84. The lowest BCUT2D eigenvalue weighted by Gasteiger charge is -2.22. The van der Waals surface area contributed by atoms with Crippen LogP contribution in [0.2, 0.25) is 0 Å². The lowest BCUT2D eigenvalue weighted by Crippen LogP contribution is -2.34. The quantitative estimate of drug-likeness (QED) is 0.553. The SMILES string of the molecule is Cc1ccc(S(=O)(=O)Nc2cccc(C(=O)NC[C@H](c3ccco3)N(C)C)c2)cc1F. The van der Waals surface area contributed by atoms with Crippen molar-refractivity contribution >= 4 is 21.6 Å². The molecule has 0 radical (unpaired) electrons. The molecule has 3 aromatic rings. The van der Waals surface area contributed by atoms with E-state index in [9.17, 15) is 17.6 Å². The summed E-state index contributed by atoms with van der Waals surface area (Å²) in [4.78, 5) is 14.3. The summed E-state index contributed by atoms with van der Waals surface area (Å²) in [5.41, 5.74) is 0.833. The van der Waals surface area contributed by atoms with Crippen LogP contribution in [0.25, 0.3) is 0 Å². The van der Waals surface area contributed by atoms with Crippen LogP contribution in [0.15, 0.2) is 70.2 Å². The molecule has 3 rings (SSSR count). The lowest BCUT2D eigenvalue weighted by molar-refractivity contribution is 0.0939. The van der Waals surface area contributed by atoms with Gasteiger partial charge in [-0.15, -0.1) is 0 Å². The number of carbonyl (C=O) groups excluding carboxylic acids is 1. The Morgan fingerprint density at radius 3 is 2.55 bits per heavy atom. The zero-order chi connectivity index (χ0) is 22.6. The van der Waals surface area contributed by atoms with Crippen molar-refractivity contribution in [1.29, 1.82) is 0 Å². The molecule has 164 valence electrons. The van der Waals surface area contributed by atoms with Gasteiger partial charge in [-0.1, -0.05) is 12.1 Å². The summed E-state index contributed by atoms with van der Waals surface area (Å²) in [7, 11) is -0.247. The molecule has 0 saturated heterocycles. The van der Waals surface area contributed by atoms with E-state index in [1.54, 1.807) is 31.4 Å². The average molecular weight is 446 g/mol. The van der Waals surface area contributed by atoms with Gasteiger partial charge in [0.15, 0.2) is 0 Å². The standard InChI is InChI=1S/C22H24FN3O4S/c1-15-9-10-18(13-19(15)23)31(28,29)25-17-7-4-6-16(12-17)22(27)24-14-20(26(2)3)21-8-5-11-30-21/h4-13,20,25H,14H2,1-3H3,(H,24,27)/t20-/m1/s1. The number of anilines is 1. The van der Waals surface area contributed by atoms with Crippen molar-refractivity contribution in [2.75, 3.05) is 25.4 Å². The molecular formula is C22H24FN3O4S. The Labute approximate surface area is 180 Å². The predicted octanol–water partition coefficient (Wildman–Crippen LogP) is 3.56. The van der Waals surface area contributed by atoms with Gasteiger partial charge in [0.2, 0.25) is 0 Å². The van der Waals surface area contributed by atoms with E-state index < -0.39 is 15.8 Å². The molecule has 1 atom stereocenters. The van der Waals surface area contributed by atoms with E-state index in [0.29, 0.717) is 12.1 Å². The lowest BCUT2D eigenvalue weighted by atomic mass is 10.1. The largest absolute Gasteiger partial charge is 0.468 e. The number of rotatable bonds is 8. The number of hydrogen-bond donors (Lipinski definition) is 2. The Balaban J connectivity index is 1.72. The minimum Gasteiger partial charge on any atom is -0.468 e. The summed E-state index contributed by atoms with van der Waals surface area (Å²) in [5.74, 6) is -0.249. The Morgan fingerprint density at radius 2 is 1.90 bits per heavy atom. The first-order valence-electron chi connectivity index (χ1n) is 9.54. The highest BCUT2D eigenvalue weighted by atomic mass is 32.2. The van der Waals surface area contributed by atoms with Crippen LogP contribution in [0.3, 0.4) is 0 Å². The van der Waals surface area contributed by atoms with Crippen molar-refractivity contribution in [3.8, 4) is 0 Å². The van der Waals surface area contributed by atoms with E-state index in [0.717, 1.165) is 11.8 Å². The second-order valence-corrected chi connectivity index (χ2v) is 8.98. The summed E-state index contributed by atoms with van der Waals surface area (Å²) in [6, 6.07) is 13.2. The normalized spacial score (nSPS) is 12.5. The van der Waals surface area contributed by atoms with Gasteiger partial charge in [0, 0.05) is 17.8 Å². The molecule has 0 spiro atoms. The zero-order valence-electron chi connectivity index (χ0n) is 17.4. The Morgan fingerprint density at radius 1 is 1.13 bits per heavy atom. The molecule has 31 heavy (non-hydrogen) atoms. The van der Waals surface area contributed by atoms with E-state index >= 15 is 0 Å². The Kier molecular flexibility index (Phi) is 6.77. The summed E-state index contributed by atoms with van der Waals surface area (Å²) in [6.07, 6.45) is 1.57. The van der Waals surface area contributed by atoms with Crippen molar-refractivity contribution in [1.82, 2.24) is 10.2 Å². The fourth-order valence-corrected chi connectivity index (χ4v) is 4.05. The molecule has 9 heteroatoms. The molecule has 0 fully saturated rings. The number of carbonyl (C=O) groups is 1. The highest BCUT2D eigenvalue weighted by Crippen LogP contribution is 2.20. The predicted molar refractivity (Wildman–Crippen MR) is 116 cm³/mol. The Hall–Kier alpha value is -3.17. The van der Waals surface area contributed by atoms with E-state index in [2.05, 4.69) is 10.0 Å². The summed E-state index contributed by atoms with van der Waals surface area (Å²) < 4.78 is 46.7. The first-order valence-corrected chi connectivity index (χ1v) is 11.0. The molecule has 2 N–H and O–H groups in total. The number of sulfonamides is 1. The van der Waals surface area contributed by atoms with Crippen LogP contribution in [0.4, 0.5) is 10.1 Å². The van der Waals surface area contributed by atoms with Crippen LogP contribution in [0.5, 0.6) is 0 Å². The second-order valence-electron chi connectivity index (χ2n) is 7.30. The maximum atomic E-state index is 13.8. The van der Waals surface area contributed by atoms with Crippen LogP contribution < -0.4 is 10.0 Å². The molecular weight excluding hydrogens is 421 g/mol. The van der Waals surface area contributed by atoms with Gasteiger partial charge in [0.05, 0.1) is 17.2 Å². The molecule has 0 aliphatic carbocycles. The van der Waals surface area contributed by atoms with Gasteiger partial charge >= 0.3 is 0 Å². The molecule has 0 aliphatic heterocycles. The van der Waals surface area contributed by atoms with Gasteiger partial charge in [-0.3, -0.25) is 14.4 Å². The number of nitrogens with one attached hydrogen (secondary N) is 2. The van der Waals surface area contributed by atoms with Crippen LogP contribution in [-0.2, 0) is 10.0 Å². The maximum Gasteiger partial charge on any atom is 0.261 e. The monoisotopic (exact) mass is 445 g/mol. The number of aryl methyl sites for hydroxylation is 1. The second kappa shape index (κ2) is 9.32. The fourth-order valence-electron chi connectivity index (χ4n) is 2.99. The van der Waals surface area contributed by atoms with Gasteiger partial charge in [-0.05, 0) is 69.0 Å². The van der Waals surface area contributed by atoms with Crippen LogP contribution >= 0.6 is 0 Å². The molecule has 0 aliphatic rings. The third-order valence-electron chi connectivity index (χ3n) is 4.78. The first-order chi connectivity index (χ1) is 14.7. The number of hydrogen-bond acceptors (Lipinski definition) is 5. The molecule has 0 bridgehead atoms. The number of likely N-dealkylation sites (N-methyl/N-ethyl adjacent to an activating group) is 1. The van der Waals surface area contributed by atoms with Gasteiger partial charge in [-0.2, -0.15) is 0 Å². The third kappa shape index (κ3) is 5.50. The van der Waals surface area contributed by atoms with Gasteiger partial charge in [-0.25, -0.2) is 12.8 Å². The van der Waals surface area contributed by atoms with Crippen LogP contribution in [0.1, 0.15) is 27.7 Å². The summed E-state index contributed by atoms with van der Waals surface area (Å²) in [6.45, 7) is 1.85. The van der Waals surface area contributed by atoms with Crippen LogP contribution in [0, 0.1) is 12.7 Å². The van der Waals surface area contributed by atoms with Crippen molar-refractivity contribution in [2.24, 2.45) is 0 Å². The molecule has 1 heterocycles. The smallest absolute Gasteiger partial charge is 0.261 e. The number of amides is 1. The molecule has 1 amide bonds. The van der Waals surface area contributed by atoms with Crippen molar-refractivity contribution in [2.45, 2.75) is 17.9 Å². The first kappa shape index (κ1) is 22.5. The highest BCUT2D eigenvalue weighted by molar-refractivity contribution is 7.92. The van der Waals surface area contributed by atoms with Gasteiger partial charge < -0.3 is 9.73 Å². The third-order valence-corrected chi connectivity index (χ3v) is 6.16. The minimum atomic E-state index is -4.00. The molecule has 7 nitrogen and oxygen atoms in total. The van der Waals surface area contributed by atoms with E-state index in [-0.39, 0.29) is 28.1 Å². The summed E-state index contributed by atoms with van der Waals surface area (Å²) >= 11 is 0. The number of nitrogens with zero attached hydrogens (tertiary/aromatic N) is 1. The van der Waals surface area contributed by atoms with Crippen molar-refractivity contribution in [3.05, 3.63) is 83.6 Å². The topological polar surface area (TPSA) is 91.6 Å². The molecule has 0 saturated carbocycles. The van der Waals surface area contributed by atoms with Gasteiger partial charge in [0.1, 0.15) is 11.6 Å². The fraction of sp³-hybridized carbons (Fsp3) is 0.227. The number of benzene rings is 2. The van der Waals surface area contributed by atoms with Gasteiger partial charge in [0.25, 0.3) is 15.9 Å². The number of halogens is 1. The van der Waals surface area contributed by atoms with E-state index in [1.165, 1.54) is 24.3 Å². The molecule has 2 aromatic carbocycles. The zero-order valence-corrected chi connectivity index (χ0v) is 18.2. The van der Waals surface area contributed by atoms with Crippen LogP contribution in [-0.4, -0.2) is 39.9 Å². The molecule has 0 unspecified atom stereocenters.